The van der Waals surface area contributed by atoms with Gasteiger partial charge in [0.25, 0.3) is 0 Å². The zero-order chi connectivity index (χ0) is 43.2. The molecule has 2 aromatic carbocycles. The number of rotatable bonds is 6. The molecule has 1 aromatic heterocycles. The van der Waals surface area contributed by atoms with E-state index in [1.807, 2.05) is 58.9 Å². The van der Waals surface area contributed by atoms with Crippen LogP contribution in [0.15, 0.2) is 76.8 Å². The molecule has 3 aromatic rings. The van der Waals surface area contributed by atoms with Gasteiger partial charge in [-0.1, -0.05) is 90.4 Å². The fourth-order valence-electron chi connectivity index (χ4n) is 6.90. The van der Waals surface area contributed by atoms with Crippen molar-refractivity contribution in [2.75, 3.05) is 6.54 Å². The Morgan fingerprint density at radius 2 is 1.22 bits per heavy atom. The van der Waals surface area contributed by atoms with Gasteiger partial charge in [0.15, 0.2) is 5.82 Å². The molecule has 12 nitrogen and oxygen atoms in total. The van der Waals surface area contributed by atoms with E-state index in [4.69, 9.17) is 20.6 Å². The van der Waals surface area contributed by atoms with Crippen molar-refractivity contribution in [3.05, 3.63) is 94.3 Å². The van der Waals surface area contributed by atoms with Crippen molar-refractivity contribution in [2.24, 2.45) is 10.9 Å². The van der Waals surface area contributed by atoms with Gasteiger partial charge in [0.05, 0.1) is 6.54 Å². The van der Waals surface area contributed by atoms with Gasteiger partial charge in [-0.15, -0.1) is 20.4 Å². The fourth-order valence-corrected chi connectivity index (χ4v) is 6.90. The summed E-state index contributed by atoms with van der Waals surface area (Å²) in [6.45, 7) is 16.7. The van der Waals surface area contributed by atoms with Gasteiger partial charge in [-0.25, -0.2) is 9.59 Å². The Kier molecular flexibility index (Phi) is 21.8. The summed E-state index contributed by atoms with van der Waals surface area (Å²) in [5.41, 5.74) is 8.82. The van der Waals surface area contributed by atoms with Gasteiger partial charge in [0.2, 0.25) is 5.82 Å². The first kappa shape index (κ1) is 48.1. The minimum Gasteiger partial charge on any atom is -0.446 e. The van der Waals surface area contributed by atoms with Crippen molar-refractivity contribution >= 4 is 24.7 Å². The number of alkyl carbamates (subject to hydrolysis) is 2. The van der Waals surface area contributed by atoms with E-state index in [2.05, 4.69) is 81.3 Å². The number of allylic oxidation sites excluding steroid dienone is 3. The highest BCUT2D eigenvalue weighted by Gasteiger charge is 2.30. The van der Waals surface area contributed by atoms with Gasteiger partial charge in [-0.05, 0) is 125 Å². The summed E-state index contributed by atoms with van der Waals surface area (Å²) in [6, 6.07) is 16.9. The van der Waals surface area contributed by atoms with Crippen LogP contribution in [0, 0.1) is 26.7 Å². The van der Waals surface area contributed by atoms with E-state index in [9.17, 15) is 9.59 Å². The second kappa shape index (κ2) is 26.7. The Hall–Kier alpha value is -5.26. The molecule has 3 unspecified atom stereocenters. The molecule has 2 aliphatic carbocycles. The number of hydrogen-bond donors (Lipinski definition) is 2. The lowest BCUT2D eigenvalue weighted by Gasteiger charge is -2.32. The number of aliphatic imine (C=N–C) groups is 1. The van der Waals surface area contributed by atoms with Crippen LogP contribution in [-0.2, 0) is 14.3 Å². The number of dihydropyridines is 1. The molecule has 3 aliphatic rings. The number of fused-ring (bicyclic) bond motifs is 1. The predicted octanol–water partition coefficient (Wildman–Crippen LogP) is 10.2. The molecule has 1 aliphatic heterocycles. The summed E-state index contributed by atoms with van der Waals surface area (Å²) in [7, 11) is 0. The topological polar surface area (TPSA) is 158 Å². The third-order valence-electron chi connectivity index (χ3n) is 9.86. The molecule has 2 heterocycles. The van der Waals surface area contributed by atoms with Crippen LogP contribution in [0.5, 0.6) is 0 Å². The first-order valence-electron chi connectivity index (χ1n) is 21.2. The molecule has 1 fully saturated rings. The molecule has 3 atom stereocenters. The summed E-state index contributed by atoms with van der Waals surface area (Å²) < 4.78 is 16.6. The van der Waals surface area contributed by atoms with Gasteiger partial charge in [-0.2, -0.15) is 0 Å². The Bertz CT molecular complexity index is 1780. The quantitative estimate of drug-likeness (QED) is 0.231. The standard InChI is InChI=1S/C23H32N2O2.C12H21NO2.C10H10N4.CH2O.CH4/c1-15(2)25-23(26)27-19-6-5-7-21-20(13-12-19)17(4)14-24-22(21)18-10-8-16(3)9-11-18;1-10(2)13-12(14)15-11-8-6-4-3-5-7-9-11;1-7-3-5-9(6-4-7)10-13-11-8(2)12-14-10;1-2;/h8-11,15,19,21H,5-7,12-14H2,1-4H3,(H,25,26);3-4,10-11H,5-9H2,1-2H3,(H,13,14);3-6H,1-2H3;1H2;1H4/b;4-3+;;;/i;;;1T;. The Labute approximate surface area is 354 Å². The van der Waals surface area contributed by atoms with E-state index in [1.54, 1.807) is 6.92 Å². The number of hydrogen-bond acceptors (Lipinski definition) is 10. The number of carbonyl (C=O) groups is 3. The maximum absolute atomic E-state index is 12.0. The van der Waals surface area contributed by atoms with Gasteiger partial charge >= 0.3 is 12.2 Å². The summed E-state index contributed by atoms with van der Waals surface area (Å²) >= 11 is 0. The van der Waals surface area contributed by atoms with Crippen LogP contribution in [0.2, 0.25) is 0 Å². The molecular formula is C47H69N7O5. The van der Waals surface area contributed by atoms with Gasteiger partial charge in [0, 0.05) is 29.3 Å². The van der Waals surface area contributed by atoms with Crippen LogP contribution in [0.3, 0.4) is 0 Å². The van der Waals surface area contributed by atoms with Gasteiger partial charge < -0.3 is 24.9 Å². The van der Waals surface area contributed by atoms with E-state index in [1.165, 1.54) is 33.5 Å². The summed E-state index contributed by atoms with van der Waals surface area (Å²) in [5.74, 6) is 1.56. The number of ether oxygens (including phenoxy) is 2. The second-order valence-electron chi connectivity index (χ2n) is 15.7. The lowest BCUT2D eigenvalue weighted by atomic mass is 9.77. The van der Waals surface area contributed by atoms with Crippen LogP contribution in [0.1, 0.15) is 130 Å². The van der Waals surface area contributed by atoms with E-state index in [0.717, 1.165) is 76.3 Å². The lowest BCUT2D eigenvalue weighted by molar-refractivity contribution is -0.0980. The predicted molar refractivity (Wildman–Crippen MR) is 238 cm³/mol. The lowest BCUT2D eigenvalue weighted by Crippen LogP contribution is -2.34. The van der Waals surface area contributed by atoms with Crippen molar-refractivity contribution in [1.29, 1.82) is 0 Å². The molecule has 2 N–H and O–H groups in total. The number of aryl methyl sites for hydroxylation is 3. The molecule has 6 rings (SSSR count). The van der Waals surface area contributed by atoms with Crippen molar-refractivity contribution in [2.45, 2.75) is 151 Å². The third-order valence-corrected chi connectivity index (χ3v) is 9.86. The number of benzene rings is 2. The van der Waals surface area contributed by atoms with Crippen molar-refractivity contribution in [3.63, 3.8) is 0 Å². The van der Waals surface area contributed by atoms with Crippen molar-refractivity contribution in [3.8, 4) is 11.4 Å². The molecule has 12 heteroatoms. The van der Waals surface area contributed by atoms with E-state index in [0.29, 0.717) is 17.6 Å². The normalized spacial score (nSPS) is 19.4. The summed E-state index contributed by atoms with van der Waals surface area (Å²) in [6.07, 6.45) is 14.0. The number of amides is 2. The molecule has 1 saturated carbocycles. The number of nitrogens with one attached hydrogen (secondary N) is 2. The average Bonchev–Trinajstić information content (AvgIpc) is 3.16. The second-order valence-corrected chi connectivity index (χ2v) is 15.7. The number of aromatic nitrogens is 4. The van der Waals surface area contributed by atoms with Crippen LogP contribution < -0.4 is 10.6 Å². The SMILES string of the molecule is C.CC(C)NC(=O)OC1CC/C=C/CCC1.CC1=C2CCC(OC(=O)NC(C)C)CCCC2C(c2ccc(C)cc2)=NC1.Cc1ccc(-c2nnc(C)nn2)cc1.[3H]C=O. The Balaban J connectivity index is 0.000000320. The number of carbonyl (C=O) groups excluding carboxylic acids is 3. The third kappa shape index (κ3) is 18.0. The maximum atomic E-state index is 12.0. The maximum Gasteiger partial charge on any atom is 0.407 e. The molecule has 0 bridgehead atoms. The molecule has 59 heavy (non-hydrogen) atoms. The smallest absolute Gasteiger partial charge is 0.407 e. The van der Waals surface area contributed by atoms with E-state index < -0.39 is 0 Å². The first-order valence-corrected chi connectivity index (χ1v) is 20.6. The molecule has 0 radical (unpaired) electrons. The van der Waals surface area contributed by atoms with Crippen molar-refractivity contribution in [1.82, 2.24) is 31.0 Å². The first-order chi connectivity index (χ1) is 28.3. The molecule has 322 valence electrons. The molecule has 2 amide bonds. The minimum atomic E-state index is -0.289. The fraction of sp³-hybridized carbons (Fsp3) is 0.532. The van der Waals surface area contributed by atoms with Crippen LogP contribution >= 0.6 is 0 Å². The number of nitrogens with zero attached hydrogens (tertiary/aromatic N) is 5. The Morgan fingerprint density at radius 3 is 1.78 bits per heavy atom. The highest BCUT2D eigenvalue weighted by atomic mass is 16.6. The highest BCUT2D eigenvalue weighted by Crippen LogP contribution is 2.36. The van der Waals surface area contributed by atoms with Gasteiger partial charge in [-0.3, -0.25) is 4.99 Å². The highest BCUT2D eigenvalue weighted by molar-refractivity contribution is 6.04. The zero-order valence-electron chi connectivity index (χ0n) is 36.8. The average molecular weight is 814 g/mol. The van der Waals surface area contributed by atoms with Crippen molar-refractivity contribution < 1.29 is 25.2 Å². The minimum absolute atomic E-state index is 0. The van der Waals surface area contributed by atoms with E-state index in [-0.39, 0.29) is 50.7 Å². The Morgan fingerprint density at radius 1 is 0.712 bits per heavy atom. The van der Waals surface area contributed by atoms with E-state index >= 15 is 0 Å². The van der Waals surface area contributed by atoms with Gasteiger partial charge in [0.1, 0.15) is 20.3 Å². The monoisotopic (exact) mass is 814 g/mol. The molecule has 0 saturated heterocycles. The summed E-state index contributed by atoms with van der Waals surface area (Å²) in [4.78, 5) is 36.7. The molecular weight excluding hydrogens is 743 g/mol. The van der Waals surface area contributed by atoms with Crippen LogP contribution in [0.25, 0.3) is 11.4 Å². The van der Waals surface area contributed by atoms with Crippen LogP contribution in [-0.4, -0.2) is 75.9 Å². The summed E-state index contributed by atoms with van der Waals surface area (Å²) in [5, 5.41) is 21.2. The largest absolute Gasteiger partial charge is 0.446 e. The zero-order valence-corrected chi connectivity index (χ0v) is 35.8. The molecule has 0 spiro atoms. The van der Waals surface area contributed by atoms with Crippen LogP contribution in [0.4, 0.5) is 9.59 Å².